The van der Waals surface area contributed by atoms with E-state index in [-0.39, 0.29) is 18.3 Å². The van der Waals surface area contributed by atoms with Gasteiger partial charge in [-0.05, 0) is 31.5 Å². The number of carbonyl (C=O) groups excluding carboxylic acids is 1. The molecule has 0 bridgehead atoms. The summed E-state index contributed by atoms with van der Waals surface area (Å²) in [6.07, 6.45) is -0.197. The highest BCUT2D eigenvalue weighted by atomic mass is 35.5. The van der Waals surface area contributed by atoms with Crippen LogP contribution in [-0.2, 0) is 11.3 Å². The molecular formula is C15H21ClN2O3. The molecule has 0 aliphatic carbocycles. The molecule has 0 saturated carbocycles. The van der Waals surface area contributed by atoms with Crippen molar-refractivity contribution in [2.75, 3.05) is 19.7 Å². The van der Waals surface area contributed by atoms with E-state index in [1.807, 2.05) is 19.9 Å². The van der Waals surface area contributed by atoms with E-state index in [1.165, 1.54) is 0 Å². The van der Waals surface area contributed by atoms with Crippen LogP contribution in [0.4, 0.5) is 0 Å². The molecule has 0 spiro atoms. The Hall–Kier alpha value is -1.14. The second-order valence-corrected chi connectivity index (χ2v) is 6.43. The number of ether oxygens (including phenoxy) is 1. The number of hydrogen-bond donors (Lipinski definition) is 2. The van der Waals surface area contributed by atoms with Gasteiger partial charge in [-0.25, -0.2) is 0 Å². The summed E-state index contributed by atoms with van der Waals surface area (Å²) >= 11 is 6.22. The number of benzene rings is 1. The number of aliphatic hydroxyl groups is 1. The average molecular weight is 313 g/mol. The standard InChI is InChI=1S/C15H21ClN2O3/c1-15(2)9-18(7-12(8-19)21-15)6-11-4-3-10(14(17)20)5-13(11)16/h3-5,12,19H,6-9H2,1-2H3,(H2,17,20). The van der Waals surface area contributed by atoms with Gasteiger partial charge in [0, 0.05) is 30.2 Å². The number of primary amides is 1. The fraction of sp³-hybridized carbons (Fsp3) is 0.533. The van der Waals surface area contributed by atoms with Crippen LogP contribution < -0.4 is 5.73 Å². The SMILES string of the molecule is CC1(C)CN(Cc2ccc(C(N)=O)cc2Cl)CC(CO)O1. The molecule has 5 nitrogen and oxygen atoms in total. The second kappa shape index (κ2) is 6.32. The van der Waals surface area contributed by atoms with Gasteiger partial charge in [-0.2, -0.15) is 0 Å². The Kier molecular flexibility index (Phi) is 4.88. The van der Waals surface area contributed by atoms with E-state index >= 15 is 0 Å². The third-order valence-corrected chi connectivity index (χ3v) is 3.84. The third kappa shape index (κ3) is 4.17. The summed E-state index contributed by atoms with van der Waals surface area (Å²) in [7, 11) is 0. The van der Waals surface area contributed by atoms with Crippen LogP contribution in [0.25, 0.3) is 0 Å². The van der Waals surface area contributed by atoms with Crippen LogP contribution >= 0.6 is 11.6 Å². The maximum absolute atomic E-state index is 11.1. The summed E-state index contributed by atoms with van der Waals surface area (Å²) in [6.45, 7) is 6.03. The van der Waals surface area contributed by atoms with Crippen LogP contribution in [0, 0.1) is 0 Å². The van der Waals surface area contributed by atoms with Gasteiger partial charge >= 0.3 is 0 Å². The molecule has 21 heavy (non-hydrogen) atoms. The van der Waals surface area contributed by atoms with Crippen LogP contribution in [0.15, 0.2) is 18.2 Å². The lowest BCUT2D eigenvalue weighted by molar-refractivity contribution is -0.150. The van der Waals surface area contributed by atoms with Crippen molar-refractivity contribution in [2.45, 2.75) is 32.1 Å². The van der Waals surface area contributed by atoms with Gasteiger partial charge in [0.2, 0.25) is 5.91 Å². The van der Waals surface area contributed by atoms with Gasteiger partial charge in [0.05, 0.1) is 18.3 Å². The van der Waals surface area contributed by atoms with Crippen molar-refractivity contribution >= 4 is 17.5 Å². The number of halogens is 1. The number of nitrogens with two attached hydrogens (primary N) is 1. The summed E-state index contributed by atoms with van der Waals surface area (Å²) in [5.41, 5.74) is 6.25. The maximum atomic E-state index is 11.1. The number of amides is 1. The molecule has 1 atom stereocenters. The first-order valence-corrected chi connectivity index (χ1v) is 7.28. The van der Waals surface area contributed by atoms with E-state index in [2.05, 4.69) is 4.90 Å². The van der Waals surface area contributed by atoms with Gasteiger partial charge in [-0.1, -0.05) is 17.7 Å². The van der Waals surface area contributed by atoms with Crippen molar-refractivity contribution in [3.63, 3.8) is 0 Å². The number of aliphatic hydroxyl groups excluding tert-OH is 1. The predicted molar refractivity (Wildman–Crippen MR) is 81.3 cm³/mol. The Labute approximate surface area is 129 Å². The van der Waals surface area contributed by atoms with Gasteiger partial charge in [-0.3, -0.25) is 9.69 Å². The van der Waals surface area contributed by atoms with E-state index in [9.17, 15) is 9.90 Å². The van der Waals surface area contributed by atoms with E-state index in [0.29, 0.717) is 23.7 Å². The van der Waals surface area contributed by atoms with Gasteiger partial charge in [-0.15, -0.1) is 0 Å². The first kappa shape index (κ1) is 16.2. The third-order valence-electron chi connectivity index (χ3n) is 3.49. The lowest BCUT2D eigenvalue weighted by Gasteiger charge is -2.42. The largest absolute Gasteiger partial charge is 0.394 e. The van der Waals surface area contributed by atoms with Crippen molar-refractivity contribution in [2.24, 2.45) is 5.73 Å². The Bertz CT molecular complexity index is 534. The molecule has 116 valence electrons. The lowest BCUT2D eigenvalue weighted by Crippen LogP contribution is -2.53. The Balaban J connectivity index is 2.12. The first-order valence-electron chi connectivity index (χ1n) is 6.90. The topological polar surface area (TPSA) is 75.8 Å². The molecule has 1 aliphatic heterocycles. The maximum Gasteiger partial charge on any atom is 0.248 e. The normalized spacial score (nSPS) is 22.2. The van der Waals surface area contributed by atoms with Crippen molar-refractivity contribution in [1.82, 2.24) is 4.90 Å². The van der Waals surface area contributed by atoms with Crippen LogP contribution in [0.5, 0.6) is 0 Å². The highest BCUT2D eigenvalue weighted by Crippen LogP contribution is 2.25. The average Bonchev–Trinajstić information content (AvgIpc) is 2.39. The molecule has 6 heteroatoms. The van der Waals surface area contributed by atoms with Gasteiger partial charge in [0.1, 0.15) is 0 Å². The fourth-order valence-corrected chi connectivity index (χ4v) is 2.94. The lowest BCUT2D eigenvalue weighted by atomic mass is 10.0. The minimum atomic E-state index is -0.490. The van der Waals surface area contributed by atoms with E-state index in [4.69, 9.17) is 22.1 Å². The van der Waals surface area contributed by atoms with Gasteiger partial charge < -0.3 is 15.6 Å². The number of carbonyl (C=O) groups is 1. The molecule has 1 fully saturated rings. The molecule has 3 N–H and O–H groups in total. The zero-order valence-corrected chi connectivity index (χ0v) is 13.1. The molecule has 1 aromatic carbocycles. The Morgan fingerprint density at radius 3 is 2.86 bits per heavy atom. The minimum absolute atomic E-state index is 0.00568. The zero-order valence-electron chi connectivity index (χ0n) is 12.3. The van der Waals surface area contributed by atoms with Crippen molar-refractivity contribution in [3.05, 3.63) is 34.3 Å². The molecule has 1 aliphatic rings. The van der Waals surface area contributed by atoms with Crippen molar-refractivity contribution in [3.8, 4) is 0 Å². The molecule has 1 aromatic rings. The van der Waals surface area contributed by atoms with Crippen molar-refractivity contribution in [1.29, 1.82) is 0 Å². The summed E-state index contributed by atoms with van der Waals surface area (Å²) in [6, 6.07) is 5.09. The molecule has 1 unspecified atom stereocenters. The first-order chi connectivity index (χ1) is 9.80. The summed E-state index contributed by atoms with van der Waals surface area (Å²) in [5, 5.41) is 9.85. The molecular weight excluding hydrogens is 292 g/mol. The second-order valence-electron chi connectivity index (χ2n) is 6.02. The Morgan fingerprint density at radius 2 is 2.29 bits per heavy atom. The van der Waals surface area contributed by atoms with E-state index < -0.39 is 5.91 Å². The van der Waals surface area contributed by atoms with Crippen LogP contribution in [0.1, 0.15) is 29.8 Å². The highest BCUT2D eigenvalue weighted by molar-refractivity contribution is 6.31. The number of hydrogen-bond acceptors (Lipinski definition) is 4. The van der Waals surface area contributed by atoms with Crippen LogP contribution in [-0.4, -0.2) is 47.3 Å². The molecule has 1 saturated heterocycles. The van der Waals surface area contributed by atoms with Crippen LogP contribution in [0.2, 0.25) is 5.02 Å². The molecule has 1 amide bonds. The molecule has 0 aromatic heterocycles. The number of nitrogens with zero attached hydrogens (tertiary/aromatic N) is 1. The summed E-state index contributed by atoms with van der Waals surface area (Å²) in [4.78, 5) is 13.3. The molecule has 2 rings (SSSR count). The smallest absolute Gasteiger partial charge is 0.248 e. The quantitative estimate of drug-likeness (QED) is 0.881. The fourth-order valence-electron chi connectivity index (χ4n) is 2.70. The predicted octanol–water partition coefficient (Wildman–Crippen LogP) is 1.41. The summed E-state index contributed by atoms with van der Waals surface area (Å²) in [5.74, 6) is -0.490. The van der Waals surface area contributed by atoms with Crippen molar-refractivity contribution < 1.29 is 14.6 Å². The van der Waals surface area contributed by atoms with E-state index in [0.717, 1.165) is 12.1 Å². The van der Waals surface area contributed by atoms with Gasteiger partial charge in [0.15, 0.2) is 0 Å². The number of rotatable bonds is 4. The number of morpholine rings is 1. The van der Waals surface area contributed by atoms with E-state index in [1.54, 1.807) is 12.1 Å². The monoisotopic (exact) mass is 312 g/mol. The molecule has 1 heterocycles. The van der Waals surface area contributed by atoms with Crippen LogP contribution in [0.3, 0.4) is 0 Å². The minimum Gasteiger partial charge on any atom is -0.394 e. The molecule has 0 radical (unpaired) electrons. The highest BCUT2D eigenvalue weighted by Gasteiger charge is 2.33. The zero-order chi connectivity index (χ0) is 15.6. The summed E-state index contributed by atoms with van der Waals surface area (Å²) < 4.78 is 5.79. The van der Waals surface area contributed by atoms with Gasteiger partial charge in [0.25, 0.3) is 0 Å². The Morgan fingerprint density at radius 1 is 1.57 bits per heavy atom.